The van der Waals surface area contributed by atoms with Gasteiger partial charge in [-0.15, -0.1) is 0 Å². The molecule has 140 valence electrons. The molecule has 2 aromatic carbocycles. The molecule has 0 fully saturated rings. The minimum atomic E-state index is 0.570. The van der Waals surface area contributed by atoms with Crippen LogP contribution in [0, 0.1) is 0 Å². The lowest BCUT2D eigenvalue weighted by Crippen LogP contribution is -2.33. The van der Waals surface area contributed by atoms with Crippen LogP contribution in [0.25, 0.3) is 16.5 Å². The summed E-state index contributed by atoms with van der Waals surface area (Å²) in [5.74, 6) is 3.11. The SMILES string of the molecule is COc1ccc2[nH]cc(CSCCC3CC(c4ccccc4)=CCN3)c2c1. The van der Waals surface area contributed by atoms with Crippen molar-refractivity contribution in [1.29, 1.82) is 0 Å². The van der Waals surface area contributed by atoms with Crippen LogP contribution >= 0.6 is 11.8 Å². The third kappa shape index (κ3) is 4.40. The van der Waals surface area contributed by atoms with E-state index < -0.39 is 0 Å². The first-order chi connectivity index (χ1) is 13.3. The molecular weight excluding hydrogens is 352 g/mol. The molecule has 0 bridgehead atoms. The van der Waals surface area contributed by atoms with Gasteiger partial charge in [0.1, 0.15) is 5.75 Å². The summed E-state index contributed by atoms with van der Waals surface area (Å²) in [4.78, 5) is 3.37. The van der Waals surface area contributed by atoms with Crippen molar-refractivity contribution in [3.05, 3.63) is 71.9 Å². The molecule has 4 rings (SSSR count). The van der Waals surface area contributed by atoms with E-state index in [4.69, 9.17) is 4.74 Å². The van der Waals surface area contributed by atoms with Gasteiger partial charge in [0, 0.05) is 35.4 Å². The zero-order valence-corrected chi connectivity index (χ0v) is 16.5. The van der Waals surface area contributed by atoms with Crippen LogP contribution in [-0.2, 0) is 5.75 Å². The maximum absolute atomic E-state index is 5.36. The first-order valence-corrected chi connectivity index (χ1v) is 10.7. The molecule has 2 N–H and O–H groups in total. The molecule has 4 heteroatoms. The predicted molar refractivity (Wildman–Crippen MR) is 116 cm³/mol. The van der Waals surface area contributed by atoms with Crippen molar-refractivity contribution in [1.82, 2.24) is 10.3 Å². The smallest absolute Gasteiger partial charge is 0.119 e. The van der Waals surface area contributed by atoms with Crippen LogP contribution in [0.5, 0.6) is 5.75 Å². The minimum Gasteiger partial charge on any atom is -0.497 e. The Morgan fingerprint density at radius 3 is 2.89 bits per heavy atom. The highest BCUT2D eigenvalue weighted by atomic mass is 32.2. The lowest BCUT2D eigenvalue weighted by Gasteiger charge is -2.24. The number of nitrogens with one attached hydrogen (secondary N) is 2. The Morgan fingerprint density at radius 2 is 2.04 bits per heavy atom. The standard InChI is InChI=1S/C23H26N2OS/c1-26-21-7-8-23-22(14-21)19(15-25-23)16-27-12-10-20-13-18(9-11-24-20)17-5-3-2-4-6-17/h2-9,14-15,20,24-25H,10-13,16H2,1H3. The highest BCUT2D eigenvalue weighted by Crippen LogP contribution is 2.28. The van der Waals surface area contributed by atoms with Gasteiger partial charge in [0.15, 0.2) is 0 Å². The molecule has 0 saturated heterocycles. The second-order valence-corrected chi connectivity index (χ2v) is 8.08. The molecule has 0 spiro atoms. The lowest BCUT2D eigenvalue weighted by molar-refractivity contribution is 0.415. The summed E-state index contributed by atoms with van der Waals surface area (Å²) >= 11 is 2.01. The molecular formula is C23H26N2OS. The zero-order valence-electron chi connectivity index (χ0n) is 15.7. The molecule has 1 aromatic heterocycles. The Labute approximate surface area is 165 Å². The monoisotopic (exact) mass is 378 g/mol. The normalized spacial score (nSPS) is 17.1. The van der Waals surface area contributed by atoms with Gasteiger partial charge in [-0.1, -0.05) is 36.4 Å². The molecule has 1 aliphatic rings. The average Bonchev–Trinajstić information content (AvgIpc) is 3.14. The van der Waals surface area contributed by atoms with Gasteiger partial charge in [-0.25, -0.2) is 0 Å². The molecule has 1 unspecified atom stereocenters. The van der Waals surface area contributed by atoms with Crippen LogP contribution in [-0.4, -0.2) is 30.4 Å². The summed E-state index contributed by atoms with van der Waals surface area (Å²) < 4.78 is 5.36. The number of ether oxygens (including phenoxy) is 1. The van der Waals surface area contributed by atoms with Gasteiger partial charge in [0.2, 0.25) is 0 Å². The van der Waals surface area contributed by atoms with E-state index in [1.807, 2.05) is 17.8 Å². The Bertz CT molecular complexity index is 917. The first-order valence-electron chi connectivity index (χ1n) is 9.53. The summed E-state index contributed by atoms with van der Waals surface area (Å²) in [6.45, 7) is 0.974. The number of hydrogen-bond donors (Lipinski definition) is 2. The third-order valence-corrected chi connectivity index (χ3v) is 6.25. The van der Waals surface area contributed by atoms with Crippen LogP contribution in [0.2, 0.25) is 0 Å². The van der Waals surface area contributed by atoms with Gasteiger partial charge in [0.05, 0.1) is 7.11 Å². The van der Waals surface area contributed by atoms with E-state index >= 15 is 0 Å². The molecule has 0 amide bonds. The van der Waals surface area contributed by atoms with Crippen molar-refractivity contribution in [2.75, 3.05) is 19.4 Å². The van der Waals surface area contributed by atoms with E-state index in [0.717, 1.165) is 30.2 Å². The van der Waals surface area contributed by atoms with Crippen LogP contribution in [0.15, 0.2) is 60.8 Å². The highest BCUT2D eigenvalue weighted by Gasteiger charge is 2.15. The number of H-pyrrole nitrogens is 1. The van der Waals surface area contributed by atoms with Gasteiger partial charge in [-0.3, -0.25) is 0 Å². The highest BCUT2D eigenvalue weighted by molar-refractivity contribution is 7.98. The van der Waals surface area contributed by atoms with Crippen molar-refractivity contribution in [3.63, 3.8) is 0 Å². The molecule has 27 heavy (non-hydrogen) atoms. The lowest BCUT2D eigenvalue weighted by atomic mass is 9.94. The van der Waals surface area contributed by atoms with E-state index in [0.29, 0.717) is 6.04 Å². The summed E-state index contributed by atoms with van der Waals surface area (Å²) in [7, 11) is 1.72. The molecule has 2 heterocycles. The van der Waals surface area contributed by atoms with Crippen molar-refractivity contribution in [2.24, 2.45) is 0 Å². The third-order valence-electron chi connectivity index (χ3n) is 5.21. The van der Waals surface area contributed by atoms with E-state index in [-0.39, 0.29) is 0 Å². The number of methoxy groups -OCH3 is 1. The number of aromatic amines is 1. The van der Waals surface area contributed by atoms with Crippen LogP contribution in [0.1, 0.15) is 24.0 Å². The van der Waals surface area contributed by atoms with Crippen molar-refractivity contribution < 1.29 is 4.74 Å². The van der Waals surface area contributed by atoms with E-state index in [9.17, 15) is 0 Å². The molecule has 0 aliphatic carbocycles. The Morgan fingerprint density at radius 1 is 1.15 bits per heavy atom. The largest absolute Gasteiger partial charge is 0.497 e. The molecule has 3 aromatic rings. The molecule has 1 atom stereocenters. The Kier molecular flexibility index (Phi) is 5.85. The topological polar surface area (TPSA) is 37.0 Å². The zero-order chi connectivity index (χ0) is 18.5. The average molecular weight is 379 g/mol. The summed E-state index contributed by atoms with van der Waals surface area (Å²) in [5, 5.41) is 4.92. The number of hydrogen-bond acceptors (Lipinski definition) is 3. The van der Waals surface area contributed by atoms with Crippen molar-refractivity contribution >= 4 is 28.2 Å². The number of thioether (sulfide) groups is 1. The fourth-order valence-electron chi connectivity index (χ4n) is 3.67. The molecule has 1 aliphatic heterocycles. The maximum atomic E-state index is 5.36. The van der Waals surface area contributed by atoms with Gasteiger partial charge < -0.3 is 15.0 Å². The summed E-state index contributed by atoms with van der Waals surface area (Å²) in [6, 6.07) is 17.6. The number of fused-ring (bicyclic) bond motifs is 1. The maximum Gasteiger partial charge on any atom is 0.119 e. The second-order valence-electron chi connectivity index (χ2n) is 6.97. The van der Waals surface area contributed by atoms with Crippen LogP contribution < -0.4 is 10.1 Å². The molecule has 0 radical (unpaired) electrons. The summed E-state index contributed by atoms with van der Waals surface area (Å²) in [5.41, 5.74) is 5.38. The number of rotatable bonds is 7. The Hall–Kier alpha value is -2.17. The van der Waals surface area contributed by atoms with Gasteiger partial charge >= 0.3 is 0 Å². The van der Waals surface area contributed by atoms with E-state index in [1.165, 1.54) is 34.0 Å². The Balaban J connectivity index is 1.29. The molecule has 3 nitrogen and oxygen atoms in total. The quantitative estimate of drug-likeness (QED) is 0.552. The second kappa shape index (κ2) is 8.68. The van der Waals surface area contributed by atoms with Gasteiger partial charge in [-0.05, 0) is 53.5 Å². The minimum absolute atomic E-state index is 0.570. The van der Waals surface area contributed by atoms with Crippen LogP contribution in [0.4, 0.5) is 0 Å². The fourth-order valence-corrected chi connectivity index (χ4v) is 4.73. The van der Waals surface area contributed by atoms with E-state index in [1.54, 1.807) is 7.11 Å². The van der Waals surface area contributed by atoms with Crippen molar-refractivity contribution in [2.45, 2.75) is 24.6 Å². The molecule has 0 saturated carbocycles. The van der Waals surface area contributed by atoms with Gasteiger partial charge in [-0.2, -0.15) is 11.8 Å². The van der Waals surface area contributed by atoms with Gasteiger partial charge in [0.25, 0.3) is 0 Å². The fraction of sp³-hybridized carbons (Fsp3) is 0.304. The number of benzene rings is 2. The van der Waals surface area contributed by atoms with Crippen LogP contribution in [0.3, 0.4) is 0 Å². The number of aromatic nitrogens is 1. The van der Waals surface area contributed by atoms with Crippen molar-refractivity contribution in [3.8, 4) is 5.75 Å². The summed E-state index contributed by atoms with van der Waals surface area (Å²) in [6.07, 6.45) is 6.78. The van der Waals surface area contributed by atoms with E-state index in [2.05, 4.69) is 65.0 Å². The predicted octanol–water partition coefficient (Wildman–Crippen LogP) is 5.25. The first kappa shape index (κ1) is 18.2.